The molecule has 0 aromatic carbocycles. The summed E-state index contributed by atoms with van der Waals surface area (Å²) in [6, 6.07) is 0. The monoisotopic (exact) mass is 290 g/mol. The van der Waals surface area contributed by atoms with Crippen LogP contribution in [-0.2, 0) is 0 Å². The Morgan fingerprint density at radius 2 is 1.86 bits per heavy atom. The standard InChI is InChI=1S/C19H30O2/c1-17-8-3-9-19(17,21)16-5-4-13-12-14(20)6-11-18(13,2)15(16)7-10-17/h4,14-16,20-21H,3,5-12H2,1-2H3/t14-,15-,16+,17+,18+,19+/m1/s1. The van der Waals surface area contributed by atoms with Gasteiger partial charge in [0, 0.05) is 0 Å². The van der Waals surface area contributed by atoms with E-state index >= 15 is 0 Å². The van der Waals surface area contributed by atoms with E-state index in [0.717, 1.165) is 32.1 Å². The molecule has 0 aromatic rings. The van der Waals surface area contributed by atoms with Gasteiger partial charge in [0.1, 0.15) is 0 Å². The molecule has 0 aromatic heterocycles. The highest BCUT2D eigenvalue weighted by Crippen LogP contribution is 2.66. The Labute approximate surface area is 128 Å². The molecule has 3 saturated carbocycles. The topological polar surface area (TPSA) is 40.5 Å². The zero-order chi connectivity index (χ0) is 14.9. The van der Waals surface area contributed by atoms with Gasteiger partial charge in [0.05, 0.1) is 11.7 Å². The highest BCUT2D eigenvalue weighted by Gasteiger charge is 2.63. The Balaban J connectivity index is 1.73. The molecule has 2 nitrogen and oxygen atoms in total. The average molecular weight is 290 g/mol. The largest absolute Gasteiger partial charge is 0.393 e. The van der Waals surface area contributed by atoms with Crippen LogP contribution < -0.4 is 0 Å². The molecule has 4 aliphatic rings. The van der Waals surface area contributed by atoms with Gasteiger partial charge >= 0.3 is 0 Å². The molecule has 3 fully saturated rings. The van der Waals surface area contributed by atoms with E-state index in [1.807, 2.05) is 0 Å². The van der Waals surface area contributed by atoms with Crippen molar-refractivity contribution in [2.24, 2.45) is 22.7 Å². The minimum absolute atomic E-state index is 0.135. The lowest BCUT2D eigenvalue weighted by molar-refractivity contribution is -0.168. The molecule has 0 amide bonds. The predicted octanol–water partition coefficient (Wildman–Crippen LogP) is 3.82. The summed E-state index contributed by atoms with van der Waals surface area (Å²) in [5, 5.41) is 21.6. The number of aliphatic hydroxyl groups is 2. The number of rotatable bonds is 0. The lowest BCUT2D eigenvalue weighted by Gasteiger charge is -2.60. The summed E-state index contributed by atoms with van der Waals surface area (Å²) in [4.78, 5) is 0. The van der Waals surface area contributed by atoms with Crippen molar-refractivity contribution >= 4 is 0 Å². The Morgan fingerprint density at radius 1 is 1.05 bits per heavy atom. The molecule has 4 rings (SSSR count). The van der Waals surface area contributed by atoms with Crippen molar-refractivity contribution in [1.82, 2.24) is 0 Å². The minimum Gasteiger partial charge on any atom is -0.393 e. The third-order valence-electron chi connectivity index (χ3n) is 8.06. The third kappa shape index (κ3) is 1.72. The van der Waals surface area contributed by atoms with Crippen LogP contribution in [0.3, 0.4) is 0 Å². The molecule has 6 atom stereocenters. The van der Waals surface area contributed by atoms with Gasteiger partial charge < -0.3 is 10.2 Å². The van der Waals surface area contributed by atoms with E-state index in [4.69, 9.17) is 0 Å². The maximum absolute atomic E-state index is 11.5. The summed E-state index contributed by atoms with van der Waals surface area (Å²) in [6.07, 6.45) is 12.1. The maximum atomic E-state index is 11.5. The van der Waals surface area contributed by atoms with Gasteiger partial charge in [0.2, 0.25) is 0 Å². The lowest BCUT2D eigenvalue weighted by atomic mass is 9.46. The first-order valence-corrected chi connectivity index (χ1v) is 8.99. The molecule has 2 N–H and O–H groups in total. The summed E-state index contributed by atoms with van der Waals surface area (Å²) in [5.74, 6) is 1.07. The van der Waals surface area contributed by atoms with E-state index in [1.165, 1.54) is 31.3 Å². The molecule has 0 spiro atoms. The molecule has 0 unspecified atom stereocenters. The Kier molecular flexibility index (Phi) is 2.96. The number of allylic oxidation sites excluding steroid dienone is 1. The second-order valence-corrected chi connectivity index (χ2v) is 8.87. The van der Waals surface area contributed by atoms with Crippen molar-refractivity contribution in [2.45, 2.75) is 83.3 Å². The number of hydrogen-bond donors (Lipinski definition) is 2. The van der Waals surface area contributed by atoms with Crippen molar-refractivity contribution in [3.05, 3.63) is 11.6 Å². The number of hydrogen-bond acceptors (Lipinski definition) is 2. The first-order valence-electron chi connectivity index (χ1n) is 8.99. The van der Waals surface area contributed by atoms with E-state index < -0.39 is 5.60 Å². The summed E-state index contributed by atoms with van der Waals surface area (Å²) in [7, 11) is 0. The van der Waals surface area contributed by atoms with Crippen molar-refractivity contribution < 1.29 is 10.2 Å². The average Bonchev–Trinajstić information content (AvgIpc) is 2.75. The van der Waals surface area contributed by atoms with E-state index in [2.05, 4.69) is 19.9 Å². The van der Waals surface area contributed by atoms with Crippen LogP contribution >= 0.6 is 0 Å². The maximum Gasteiger partial charge on any atom is 0.0735 e. The zero-order valence-electron chi connectivity index (χ0n) is 13.6. The highest BCUT2D eigenvalue weighted by atomic mass is 16.3. The van der Waals surface area contributed by atoms with Crippen LogP contribution in [0.25, 0.3) is 0 Å². The van der Waals surface area contributed by atoms with Gasteiger partial charge in [-0.3, -0.25) is 0 Å². The van der Waals surface area contributed by atoms with E-state index in [9.17, 15) is 10.2 Å². The van der Waals surface area contributed by atoms with E-state index in [0.29, 0.717) is 11.8 Å². The predicted molar refractivity (Wildman–Crippen MR) is 83.8 cm³/mol. The van der Waals surface area contributed by atoms with E-state index in [1.54, 1.807) is 0 Å². The summed E-state index contributed by atoms with van der Waals surface area (Å²) in [6.45, 7) is 4.75. The van der Waals surface area contributed by atoms with Crippen LogP contribution in [0.5, 0.6) is 0 Å². The molecule has 0 radical (unpaired) electrons. The Morgan fingerprint density at radius 3 is 2.67 bits per heavy atom. The molecule has 0 aliphatic heterocycles. The second kappa shape index (κ2) is 4.35. The minimum atomic E-state index is -0.434. The van der Waals surface area contributed by atoms with Crippen LogP contribution in [0.15, 0.2) is 11.6 Å². The molecule has 21 heavy (non-hydrogen) atoms. The van der Waals surface area contributed by atoms with Gasteiger partial charge in [-0.2, -0.15) is 0 Å². The first kappa shape index (κ1) is 14.3. The third-order valence-corrected chi connectivity index (χ3v) is 8.06. The molecule has 4 aliphatic carbocycles. The van der Waals surface area contributed by atoms with Gasteiger partial charge in [-0.1, -0.05) is 25.5 Å². The summed E-state index contributed by atoms with van der Waals surface area (Å²) < 4.78 is 0. The first-order chi connectivity index (χ1) is 9.89. The normalized spacial score (nSPS) is 56.2. The zero-order valence-corrected chi connectivity index (χ0v) is 13.6. The quantitative estimate of drug-likeness (QED) is 0.666. The number of aliphatic hydroxyl groups excluding tert-OH is 1. The van der Waals surface area contributed by atoms with Gasteiger partial charge in [-0.05, 0) is 80.5 Å². The van der Waals surface area contributed by atoms with Crippen molar-refractivity contribution in [3.63, 3.8) is 0 Å². The van der Waals surface area contributed by atoms with Crippen molar-refractivity contribution in [2.75, 3.05) is 0 Å². The molecular formula is C19H30O2. The molecule has 0 bridgehead atoms. The van der Waals surface area contributed by atoms with Gasteiger partial charge in [-0.25, -0.2) is 0 Å². The van der Waals surface area contributed by atoms with Crippen LogP contribution in [0.4, 0.5) is 0 Å². The molecule has 118 valence electrons. The SMILES string of the molecule is C[C@@]12CCC[C@]1(O)[C@H]1CC=C3C[C@H](O)CC[C@]3(C)[C@@H]1CC2. The molecular weight excluding hydrogens is 260 g/mol. The van der Waals surface area contributed by atoms with Gasteiger partial charge in [0.25, 0.3) is 0 Å². The van der Waals surface area contributed by atoms with Crippen LogP contribution in [0, 0.1) is 22.7 Å². The van der Waals surface area contributed by atoms with Crippen LogP contribution in [0.1, 0.15) is 71.6 Å². The smallest absolute Gasteiger partial charge is 0.0735 e. The van der Waals surface area contributed by atoms with Crippen LogP contribution in [-0.4, -0.2) is 21.9 Å². The fourth-order valence-electron chi connectivity index (χ4n) is 6.60. The summed E-state index contributed by atoms with van der Waals surface area (Å²) >= 11 is 0. The lowest BCUT2D eigenvalue weighted by Crippen LogP contribution is -2.59. The summed E-state index contributed by atoms with van der Waals surface area (Å²) in [5.41, 5.74) is 1.45. The number of fused-ring (bicyclic) bond motifs is 5. The van der Waals surface area contributed by atoms with Gasteiger partial charge in [-0.15, -0.1) is 0 Å². The Hall–Kier alpha value is -0.340. The molecule has 0 saturated heterocycles. The molecule has 2 heteroatoms. The van der Waals surface area contributed by atoms with Crippen molar-refractivity contribution in [1.29, 1.82) is 0 Å². The Bertz CT molecular complexity index is 484. The van der Waals surface area contributed by atoms with E-state index in [-0.39, 0.29) is 16.9 Å². The molecule has 0 heterocycles. The van der Waals surface area contributed by atoms with Gasteiger partial charge in [0.15, 0.2) is 0 Å². The second-order valence-electron chi connectivity index (χ2n) is 8.87. The fourth-order valence-corrected chi connectivity index (χ4v) is 6.60. The highest BCUT2D eigenvalue weighted by molar-refractivity contribution is 5.27. The van der Waals surface area contributed by atoms with Crippen LogP contribution in [0.2, 0.25) is 0 Å². The fraction of sp³-hybridized carbons (Fsp3) is 0.895. The van der Waals surface area contributed by atoms with Crippen molar-refractivity contribution in [3.8, 4) is 0 Å².